The standard InChI is InChI=1S/C20H23N5O3S.2ClH/c26-19(15-3-5-21-6-4-15)24-20-23-18(16-2-1-11-28-16)17(29-20)14-22-7-8-25-9-12-27-13-10-25;;/h1-6,11,22H,7-10,12-14H2,(H,23,24,26);2*1H. The minimum Gasteiger partial charge on any atom is -0.463 e. The average Bonchev–Trinajstić information content (AvgIpc) is 3.42. The van der Waals surface area contributed by atoms with Crippen LogP contribution in [0.25, 0.3) is 11.5 Å². The predicted octanol–water partition coefficient (Wildman–Crippen LogP) is 3.32. The lowest BCUT2D eigenvalue weighted by atomic mass is 10.2. The Balaban J connectivity index is 0.00000171. The molecule has 0 spiro atoms. The number of halogens is 2. The molecule has 1 amide bonds. The van der Waals surface area contributed by atoms with Crippen LogP contribution in [-0.2, 0) is 11.3 Å². The number of anilines is 1. The molecule has 0 bridgehead atoms. The molecule has 3 aromatic heterocycles. The van der Waals surface area contributed by atoms with Gasteiger partial charge in [0, 0.05) is 50.7 Å². The lowest BCUT2D eigenvalue weighted by molar-refractivity contribution is 0.0384. The molecule has 4 heterocycles. The number of carbonyl (C=O) groups is 1. The number of morpholine rings is 1. The second kappa shape index (κ2) is 12.7. The smallest absolute Gasteiger partial charge is 0.257 e. The van der Waals surface area contributed by atoms with Gasteiger partial charge in [-0.2, -0.15) is 0 Å². The summed E-state index contributed by atoms with van der Waals surface area (Å²) < 4.78 is 10.9. The molecule has 0 aliphatic carbocycles. The average molecular weight is 486 g/mol. The number of hydrogen-bond donors (Lipinski definition) is 2. The number of hydrogen-bond acceptors (Lipinski definition) is 8. The molecule has 2 N–H and O–H groups in total. The fourth-order valence-corrected chi connectivity index (χ4v) is 4.00. The quantitative estimate of drug-likeness (QED) is 0.472. The minimum atomic E-state index is -0.209. The number of ether oxygens (including phenoxy) is 1. The maximum absolute atomic E-state index is 12.4. The van der Waals surface area contributed by atoms with Crippen LogP contribution < -0.4 is 10.6 Å². The fraction of sp³-hybridized carbons (Fsp3) is 0.350. The minimum absolute atomic E-state index is 0. The largest absolute Gasteiger partial charge is 0.463 e. The van der Waals surface area contributed by atoms with Gasteiger partial charge in [-0.25, -0.2) is 4.98 Å². The summed E-state index contributed by atoms with van der Waals surface area (Å²) in [5, 5.41) is 6.89. The van der Waals surface area contributed by atoms with Crippen molar-refractivity contribution in [2.24, 2.45) is 0 Å². The van der Waals surface area contributed by atoms with Crippen molar-refractivity contribution < 1.29 is 13.9 Å². The zero-order chi connectivity index (χ0) is 19.9. The van der Waals surface area contributed by atoms with Crippen LogP contribution in [0.2, 0.25) is 0 Å². The molecule has 0 atom stereocenters. The van der Waals surface area contributed by atoms with E-state index in [1.54, 1.807) is 30.8 Å². The van der Waals surface area contributed by atoms with E-state index in [4.69, 9.17) is 9.15 Å². The van der Waals surface area contributed by atoms with E-state index in [9.17, 15) is 4.79 Å². The van der Waals surface area contributed by atoms with Crippen LogP contribution in [0.3, 0.4) is 0 Å². The van der Waals surface area contributed by atoms with E-state index in [1.165, 1.54) is 11.3 Å². The summed E-state index contributed by atoms with van der Waals surface area (Å²) in [5.74, 6) is 0.481. The Morgan fingerprint density at radius 2 is 1.94 bits per heavy atom. The molecule has 168 valence electrons. The number of nitrogens with zero attached hydrogens (tertiary/aromatic N) is 3. The van der Waals surface area contributed by atoms with Crippen LogP contribution in [0.1, 0.15) is 15.2 Å². The number of nitrogens with one attached hydrogen (secondary N) is 2. The van der Waals surface area contributed by atoms with Crippen LogP contribution in [-0.4, -0.2) is 60.2 Å². The van der Waals surface area contributed by atoms with E-state index < -0.39 is 0 Å². The van der Waals surface area contributed by atoms with Gasteiger partial charge in [-0.05, 0) is 24.3 Å². The molecule has 4 rings (SSSR count). The summed E-state index contributed by atoms with van der Waals surface area (Å²) in [6.45, 7) is 6.06. The lowest BCUT2D eigenvalue weighted by Gasteiger charge is -2.26. The van der Waals surface area contributed by atoms with E-state index in [-0.39, 0.29) is 30.7 Å². The van der Waals surface area contributed by atoms with Gasteiger partial charge in [-0.3, -0.25) is 20.0 Å². The van der Waals surface area contributed by atoms with Gasteiger partial charge in [0.15, 0.2) is 10.9 Å². The monoisotopic (exact) mass is 485 g/mol. The van der Waals surface area contributed by atoms with Crippen molar-refractivity contribution in [1.29, 1.82) is 0 Å². The highest BCUT2D eigenvalue weighted by Crippen LogP contribution is 2.31. The lowest BCUT2D eigenvalue weighted by Crippen LogP contribution is -2.40. The van der Waals surface area contributed by atoms with Crippen molar-refractivity contribution in [1.82, 2.24) is 20.2 Å². The highest BCUT2D eigenvalue weighted by atomic mass is 35.5. The molecule has 3 aromatic rings. The predicted molar refractivity (Wildman–Crippen MR) is 125 cm³/mol. The van der Waals surface area contributed by atoms with Gasteiger partial charge in [0.2, 0.25) is 0 Å². The zero-order valence-electron chi connectivity index (χ0n) is 16.8. The van der Waals surface area contributed by atoms with E-state index >= 15 is 0 Å². The number of furan rings is 1. The Morgan fingerprint density at radius 3 is 2.65 bits per heavy atom. The van der Waals surface area contributed by atoms with Crippen LogP contribution in [0.4, 0.5) is 5.13 Å². The molecular formula is C20H25Cl2N5O3S. The van der Waals surface area contributed by atoms with Crippen molar-refractivity contribution in [3.8, 4) is 11.5 Å². The normalized spacial score (nSPS) is 13.8. The van der Waals surface area contributed by atoms with Crippen LogP contribution >= 0.6 is 36.2 Å². The highest BCUT2D eigenvalue weighted by molar-refractivity contribution is 7.16. The summed E-state index contributed by atoms with van der Waals surface area (Å²) >= 11 is 1.45. The Hall–Kier alpha value is -2.01. The molecule has 0 saturated carbocycles. The third-order valence-electron chi connectivity index (χ3n) is 4.61. The Labute approximate surface area is 197 Å². The van der Waals surface area contributed by atoms with Gasteiger partial charge in [0.1, 0.15) is 5.69 Å². The number of aromatic nitrogens is 2. The van der Waals surface area contributed by atoms with E-state index in [0.29, 0.717) is 23.0 Å². The van der Waals surface area contributed by atoms with Gasteiger partial charge in [0.05, 0.1) is 24.4 Å². The first-order valence-corrected chi connectivity index (χ1v) is 10.4. The molecule has 8 nitrogen and oxygen atoms in total. The fourth-order valence-electron chi connectivity index (χ4n) is 3.07. The molecule has 31 heavy (non-hydrogen) atoms. The van der Waals surface area contributed by atoms with Crippen molar-refractivity contribution in [3.05, 3.63) is 53.4 Å². The molecule has 0 unspecified atom stereocenters. The van der Waals surface area contributed by atoms with E-state index in [1.807, 2.05) is 12.1 Å². The van der Waals surface area contributed by atoms with Crippen LogP contribution in [0.5, 0.6) is 0 Å². The summed E-state index contributed by atoms with van der Waals surface area (Å²) in [4.78, 5) is 24.4. The molecular weight excluding hydrogens is 461 g/mol. The molecule has 1 saturated heterocycles. The first kappa shape index (κ1) is 25.3. The zero-order valence-corrected chi connectivity index (χ0v) is 19.2. The maximum atomic E-state index is 12.4. The van der Waals surface area contributed by atoms with Crippen molar-refractivity contribution in [3.63, 3.8) is 0 Å². The summed E-state index contributed by atoms with van der Waals surface area (Å²) in [6.07, 6.45) is 4.81. The number of pyridine rings is 1. The molecule has 1 aliphatic heterocycles. The number of carbonyl (C=O) groups excluding carboxylic acids is 1. The summed E-state index contributed by atoms with van der Waals surface area (Å²) in [5.41, 5.74) is 1.30. The third kappa shape index (κ3) is 6.99. The van der Waals surface area contributed by atoms with E-state index in [2.05, 4.69) is 25.5 Å². The first-order valence-electron chi connectivity index (χ1n) is 9.55. The van der Waals surface area contributed by atoms with Gasteiger partial charge in [-0.15, -0.1) is 24.8 Å². The molecule has 11 heteroatoms. The van der Waals surface area contributed by atoms with Gasteiger partial charge >= 0.3 is 0 Å². The van der Waals surface area contributed by atoms with Gasteiger partial charge in [0.25, 0.3) is 5.91 Å². The van der Waals surface area contributed by atoms with Gasteiger partial charge < -0.3 is 14.5 Å². The molecule has 0 radical (unpaired) electrons. The van der Waals surface area contributed by atoms with Crippen LogP contribution in [0.15, 0.2) is 47.3 Å². The Bertz CT molecular complexity index is 918. The number of amides is 1. The summed E-state index contributed by atoms with van der Waals surface area (Å²) in [6, 6.07) is 7.05. The van der Waals surface area contributed by atoms with Crippen molar-refractivity contribution in [2.75, 3.05) is 44.7 Å². The number of rotatable bonds is 8. The van der Waals surface area contributed by atoms with Gasteiger partial charge in [-0.1, -0.05) is 11.3 Å². The SMILES string of the molecule is Cl.Cl.O=C(Nc1nc(-c2ccco2)c(CNCCN2CCOCC2)s1)c1ccncc1. The molecule has 0 aromatic carbocycles. The van der Waals surface area contributed by atoms with Crippen molar-refractivity contribution in [2.45, 2.75) is 6.54 Å². The van der Waals surface area contributed by atoms with E-state index in [0.717, 1.165) is 50.0 Å². The highest BCUT2D eigenvalue weighted by Gasteiger charge is 2.17. The second-order valence-corrected chi connectivity index (χ2v) is 7.67. The topological polar surface area (TPSA) is 92.5 Å². The second-order valence-electron chi connectivity index (χ2n) is 6.59. The molecule has 1 fully saturated rings. The third-order valence-corrected chi connectivity index (χ3v) is 5.58. The Kier molecular flexibility index (Phi) is 10.4. The van der Waals surface area contributed by atoms with Crippen molar-refractivity contribution >= 4 is 47.2 Å². The molecule has 1 aliphatic rings. The van der Waals surface area contributed by atoms with Crippen LogP contribution in [0, 0.1) is 0 Å². The Morgan fingerprint density at radius 1 is 1.16 bits per heavy atom. The number of thiazole rings is 1. The summed E-state index contributed by atoms with van der Waals surface area (Å²) in [7, 11) is 0. The maximum Gasteiger partial charge on any atom is 0.257 e. The first-order chi connectivity index (χ1) is 14.3.